The number of piperidine rings is 1. The van der Waals surface area contributed by atoms with Gasteiger partial charge in [-0.3, -0.25) is 4.98 Å². The van der Waals surface area contributed by atoms with Crippen molar-refractivity contribution in [1.29, 1.82) is 0 Å². The molecule has 0 saturated carbocycles. The Morgan fingerprint density at radius 1 is 1.21 bits per heavy atom. The fourth-order valence-corrected chi connectivity index (χ4v) is 4.66. The lowest BCUT2D eigenvalue weighted by atomic mass is 9.80. The van der Waals surface area contributed by atoms with Crippen LogP contribution in [0.25, 0.3) is 0 Å². The molecule has 1 aliphatic rings. The number of thiocarbonyl (C=S) groups is 1. The lowest BCUT2D eigenvalue weighted by Crippen LogP contribution is -2.62. The number of furan rings is 1. The summed E-state index contributed by atoms with van der Waals surface area (Å²) in [6, 6.07) is 8.37. The Morgan fingerprint density at radius 3 is 2.50 bits per heavy atom. The fraction of sp³-hybridized carbons (Fsp3) is 0.545. The molecule has 28 heavy (non-hydrogen) atoms. The van der Waals surface area contributed by atoms with E-state index in [0.717, 1.165) is 35.0 Å². The molecule has 152 valence electrons. The maximum atomic E-state index is 5.84. The normalized spacial score (nSPS) is 18.6. The minimum Gasteiger partial charge on any atom is -0.464 e. The third kappa shape index (κ3) is 5.79. The SMILES string of the molecule is Cc1ccc(CN(Cc2cccnc2)C(=S)NC2CC(C)(C)NC(C)(C)C2)o1. The lowest BCUT2D eigenvalue weighted by Gasteiger charge is -2.47. The molecule has 0 unspecified atom stereocenters. The second kappa shape index (κ2) is 8.21. The molecule has 6 heteroatoms. The summed E-state index contributed by atoms with van der Waals surface area (Å²) >= 11 is 5.84. The second-order valence-corrected chi connectivity index (χ2v) is 9.56. The van der Waals surface area contributed by atoms with Crippen LogP contribution in [0.3, 0.4) is 0 Å². The van der Waals surface area contributed by atoms with E-state index in [1.807, 2.05) is 31.3 Å². The molecular formula is C22H32N4OS. The Hall–Kier alpha value is -1.92. The van der Waals surface area contributed by atoms with Crippen molar-refractivity contribution in [3.63, 3.8) is 0 Å². The monoisotopic (exact) mass is 400 g/mol. The van der Waals surface area contributed by atoms with Crippen molar-refractivity contribution in [3.05, 3.63) is 53.7 Å². The first-order chi connectivity index (χ1) is 13.1. The minimum absolute atomic E-state index is 0.0708. The third-order valence-corrected chi connectivity index (χ3v) is 5.42. The van der Waals surface area contributed by atoms with Crippen LogP contribution in [0, 0.1) is 6.92 Å². The summed E-state index contributed by atoms with van der Waals surface area (Å²) in [4.78, 5) is 6.40. The maximum absolute atomic E-state index is 5.84. The number of pyridine rings is 1. The van der Waals surface area contributed by atoms with Crippen LogP contribution in [0.4, 0.5) is 0 Å². The van der Waals surface area contributed by atoms with Gasteiger partial charge in [-0.25, -0.2) is 0 Å². The van der Waals surface area contributed by atoms with Crippen LogP contribution in [-0.2, 0) is 13.1 Å². The van der Waals surface area contributed by atoms with Crippen molar-refractivity contribution < 1.29 is 4.42 Å². The molecule has 1 saturated heterocycles. The summed E-state index contributed by atoms with van der Waals surface area (Å²) in [5.74, 6) is 1.83. The fourth-order valence-electron chi connectivity index (χ4n) is 4.36. The van der Waals surface area contributed by atoms with Crippen molar-refractivity contribution in [2.75, 3.05) is 0 Å². The number of aryl methyl sites for hydroxylation is 1. The highest BCUT2D eigenvalue weighted by molar-refractivity contribution is 7.80. The van der Waals surface area contributed by atoms with Crippen molar-refractivity contribution in [1.82, 2.24) is 20.5 Å². The van der Waals surface area contributed by atoms with Gasteiger partial charge in [0, 0.05) is 36.1 Å². The van der Waals surface area contributed by atoms with E-state index in [-0.39, 0.29) is 11.1 Å². The topological polar surface area (TPSA) is 53.3 Å². The Morgan fingerprint density at radius 2 is 1.93 bits per heavy atom. The van der Waals surface area contributed by atoms with E-state index in [1.165, 1.54) is 0 Å². The van der Waals surface area contributed by atoms with Gasteiger partial charge in [0.25, 0.3) is 0 Å². The first-order valence-corrected chi connectivity index (χ1v) is 10.3. The van der Waals surface area contributed by atoms with Gasteiger partial charge in [-0.05, 0) is 83.4 Å². The minimum atomic E-state index is 0.0708. The first-order valence-electron chi connectivity index (χ1n) is 9.91. The van der Waals surface area contributed by atoms with Gasteiger partial charge >= 0.3 is 0 Å². The zero-order chi connectivity index (χ0) is 20.4. The third-order valence-electron chi connectivity index (χ3n) is 5.04. The van der Waals surface area contributed by atoms with Crippen LogP contribution >= 0.6 is 12.2 Å². The molecule has 0 atom stereocenters. The predicted molar refractivity (Wildman–Crippen MR) is 117 cm³/mol. The maximum Gasteiger partial charge on any atom is 0.169 e. The Labute approximate surface area is 173 Å². The van der Waals surface area contributed by atoms with Crippen LogP contribution in [0.2, 0.25) is 0 Å². The molecule has 5 nitrogen and oxygen atoms in total. The zero-order valence-electron chi connectivity index (χ0n) is 17.6. The molecule has 2 N–H and O–H groups in total. The number of nitrogens with one attached hydrogen (secondary N) is 2. The number of hydrogen-bond donors (Lipinski definition) is 2. The smallest absolute Gasteiger partial charge is 0.169 e. The van der Waals surface area contributed by atoms with Gasteiger partial charge in [-0.15, -0.1) is 0 Å². The van der Waals surface area contributed by atoms with Gasteiger partial charge in [0.1, 0.15) is 11.5 Å². The van der Waals surface area contributed by atoms with E-state index >= 15 is 0 Å². The number of rotatable bonds is 5. The van der Waals surface area contributed by atoms with Crippen LogP contribution in [0.1, 0.15) is 57.6 Å². The Balaban J connectivity index is 1.73. The zero-order valence-corrected chi connectivity index (χ0v) is 18.4. The molecule has 0 spiro atoms. The van der Waals surface area contributed by atoms with Gasteiger partial charge in [0.2, 0.25) is 0 Å². The van der Waals surface area contributed by atoms with E-state index in [2.05, 4.69) is 54.3 Å². The number of aromatic nitrogens is 1. The summed E-state index contributed by atoms with van der Waals surface area (Å²) in [7, 11) is 0. The highest BCUT2D eigenvalue weighted by atomic mass is 32.1. The van der Waals surface area contributed by atoms with Crippen molar-refractivity contribution in [2.45, 2.75) is 77.7 Å². The molecule has 0 aliphatic carbocycles. The van der Waals surface area contributed by atoms with Gasteiger partial charge in [0.05, 0.1) is 6.54 Å². The van der Waals surface area contributed by atoms with Crippen LogP contribution in [-0.4, -0.2) is 32.1 Å². The summed E-state index contributed by atoms with van der Waals surface area (Å²) < 4.78 is 5.80. The van der Waals surface area contributed by atoms with Crippen molar-refractivity contribution in [3.8, 4) is 0 Å². The van der Waals surface area contributed by atoms with E-state index in [1.54, 1.807) is 6.20 Å². The summed E-state index contributed by atoms with van der Waals surface area (Å²) in [6.45, 7) is 12.3. The predicted octanol–water partition coefficient (Wildman–Crippen LogP) is 4.17. The number of nitrogens with zero attached hydrogens (tertiary/aromatic N) is 2. The average Bonchev–Trinajstić information content (AvgIpc) is 2.97. The van der Waals surface area contributed by atoms with E-state index in [4.69, 9.17) is 16.6 Å². The first kappa shape index (κ1) is 20.8. The van der Waals surface area contributed by atoms with E-state index in [9.17, 15) is 0 Å². The molecule has 3 rings (SSSR count). The highest BCUT2D eigenvalue weighted by Crippen LogP contribution is 2.28. The van der Waals surface area contributed by atoms with Crippen molar-refractivity contribution in [2.24, 2.45) is 0 Å². The molecular weight excluding hydrogens is 368 g/mol. The molecule has 1 fully saturated rings. The molecule has 3 heterocycles. The van der Waals surface area contributed by atoms with Crippen LogP contribution in [0.15, 0.2) is 41.1 Å². The lowest BCUT2D eigenvalue weighted by molar-refractivity contribution is 0.153. The van der Waals surface area contributed by atoms with E-state index < -0.39 is 0 Å². The summed E-state index contributed by atoms with van der Waals surface area (Å²) in [5, 5.41) is 8.12. The van der Waals surface area contributed by atoms with Gasteiger partial charge in [0.15, 0.2) is 5.11 Å². The molecule has 2 aromatic rings. The van der Waals surface area contributed by atoms with Crippen molar-refractivity contribution >= 4 is 17.3 Å². The Bertz CT molecular complexity index is 784. The molecule has 1 aliphatic heterocycles. The summed E-state index contributed by atoms with van der Waals surface area (Å²) in [5.41, 5.74) is 1.27. The van der Waals surface area contributed by atoms with Gasteiger partial charge in [-0.2, -0.15) is 0 Å². The van der Waals surface area contributed by atoms with Crippen LogP contribution < -0.4 is 10.6 Å². The molecule has 0 radical (unpaired) electrons. The van der Waals surface area contributed by atoms with Gasteiger partial charge in [-0.1, -0.05) is 6.07 Å². The molecule has 2 aromatic heterocycles. The molecule has 0 aromatic carbocycles. The Kier molecular flexibility index (Phi) is 6.10. The standard InChI is InChI=1S/C22H32N4OS/c1-16-8-9-19(27-16)15-26(14-17-7-6-10-23-13-17)20(28)24-18-11-21(2,3)25-22(4,5)12-18/h6-10,13,18,25H,11-12,14-15H2,1-5H3,(H,24,28). The second-order valence-electron chi connectivity index (χ2n) is 9.18. The quantitative estimate of drug-likeness (QED) is 0.735. The molecule has 0 bridgehead atoms. The largest absolute Gasteiger partial charge is 0.464 e. The summed E-state index contributed by atoms with van der Waals surface area (Å²) in [6.07, 6.45) is 5.73. The highest BCUT2D eigenvalue weighted by Gasteiger charge is 2.38. The van der Waals surface area contributed by atoms with E-state index in [0.29, 0.717) is 19.1 Å². The average molecular weight is 401 g/mol. The van der Waals surface area contributed by atoms with Crippen LogP contribution in [0.5, 0.6) is 0 Å². The number of hydrogen-bond acceptors (Lipinski definition) is 4. The molecule has 0 amide bonds. The van der Waals surface area contributed by atoms with Gasteiger partial charge < -0.3 is 20.0 Å².